The van der Waals surface area contributed by atoms with Crippen LogP contribution in [0.1, 0.15) is 19.3 Å². The van der Waals surface area contributed by atoms with Crippen LogP contribution in [0.2, 0.25) is 0 Å². The van der Waals surface area contributed by atoms with Gasteiger partial charge in [-0.15, -0.1) is 0 Å². The quantitative estimate of drug-likeness (QED) is 0.913. The fourth-order valence-electron chi connectivity index (χ4n) is 2.67. The van der Waals surface area contributed by atoms with Crippen molar-refractivity contribution in [3.63, 3.8) is 0 Å². The van der Waals surface area contributed by atoms with E-state index in [1.165, 1.54) is 18.2 Å². The van der Waals surface area contributed by atoms with E-state index in [2.05, 4.69) is 22.4 Å². The van der Waals surface area contributed by atoms with Crippen LogP contribution in [0.25, 0.3) is 10.8 Å². The Hall–Kier alpha value is -1.61. The summed E-state index contributed by atoms with van der Waals surface area (Å²) in [5, 5.41) is 5.75. The van der Waals surface area contributed by atoms with E-state index in [1.807, 2.05) is 24.5 Å². The lowest BCUT2D eigenvalue weighted by Gasteiger charge is -2.22. The first-order valence-corrected chi connectivity index (χ1v) is 7.09. The normalized spacial score (nSPS) is 16.6. The summed E-state index contributed by atoms with van der Waals surface area (Å²) in [6.45, 7) is 3.14. The molecule has 3 nitrogen and oxygen atoms in total. The molecule has 0 saturated carbocycles. The summed E-state index contributed by atoms with van der Waals surface area (Å²) in [6.07, 6.45) is 7.44. The Labute approximate surface area is 114 Å². The smallest absolute Gasteiger partial charge is 0.119 e. The second kappa shape index (κ2) is 6.02. The van der Waals surface area contributed by atoms with Crippen LogP contribution in [-0.2, 0) is 0 Å². The number of nitrogens with zero attached hydrogens (tertiary/aromatic N) is 1. The molecule has 0 aliphatic carbocycles. The van der Waals surface area contributed by atoms with Crippen LogP contribution in [0.3, 0.4) is 0 Å². The van der Waals surface area contributed by atoms with Gasteiger partial charge in [0.05, 0.1) is 6.61 Å². The number of benzene rings is 1. The van der Waals surface area contributed by atoms with Crippen molar-refractivity contribution in [1.82, 2.24) is 10.3 Å². The van der Waals surface area contributed by atoms with E-state index in [1.54, 1.807) is 0 Å². The number of pyridine rings is 1. The molecule has 0 unspecified atom stereocenters. The minimum atomic E-state index is 0.821. The van der Waals surface area contributed by atoms with Crippen molar-refractivity contribution in [2.45, 2.75) is 19.3 Å². The highest BCUT2D eigenvalue weighted by Crippen LogP contribution is 2.21. The van der Waals surface area contributed by atoms with Gasteiger partial charge in [0, 0.05) is 17.8 Å². The Morgan fingerprint density at radius 3 is 2.95 bits per heavy atom. The third-order valence-corrected chi connectivity index (χ3v) is 3.87. The summed E-state index contributed by atoms with van der Waals surface area (Å²) in [5.41, 5.74) is 0. The highest BCUT2D eigenvalue weighted by Gasteiger charge is 2.12. The van der Waals surface area contributed by atoms with E-state index in [4.69, 9.17) is 4.74 Å². The molecule has 0 bridgehead atoms. The van der Waals surface area contributed by atoms with Gasteiger partial charge < -0.3 is 10.1 Å². The molecule has 1 fully saturated rings. The largest absolute Gasteiger partial charge is 0.494 e. The zero-order valence-electron chi connectivity index (χ0n) is 11.1. The molecule has 1 saturated heterocycles. The van der Waals surface area contributed by atoms with Crippen LogP contribution < -0.4 is 10.1 Å². The van der Waals surface area contributed by atoms with E-state index in [-0.39, 0.29) is 0 Å². The fraction of sp³-hybridized carbons (Fsp3) is 0.438. The van der Waals surface area contributed by atoms with Crippen LogP contribution in [0.4, 0.5) is 0 Å². The van der Waals surface area contributed by atoms with Crippen LogP contribution in [0, 0.1) is 5.92 Å². The zero-order chi connectivity index (χ0) is 12.9. The molecule has 1 aromatic heterocycles. The number of fused-ring (bicyclic) bond motifs is 1. The van der Waals surface area contributed by atoms with Gasteiger partial charge >= 0.3 is 0 Å². The Bertz CT molecular complexity index is 535. The van der Waals surface area contributed by atoms with Crippen molar-refractivity contribution < 1.29 is 4.74 Å². The number of ether oxygens (including phenoxy) is 1. The van der Waals surface area contributed by atoms with Gasteiger partial charge in [-0.05, 0) is 67.9 Å². The van der Waals surface area contributed by atoms with E-state index in [0.717, 1.165) is 43.2 Å². The van der Waals surface area contributed by atoms with Gasteiger partial charge in [-0.25, -0.2) is 0 Å². The standard InChI is InChI=1S/C16H20N2O/c1-2-16(11-14-5-9-18-12-15(1)14)19-10-6-13-3-7-17-8-4-13/h1-2,5,9,11-13,17H,3-4,6-8,10H2. The highest BCUT2D eigenvalue weighted by molar-refractivity contribution is 5.82. The van der Waals surface area contributed by atoms with Gasteiger partial charge in [-0.1, -0.05) is 0 Å². The third kappa shape index (κ3) is 3.24. The molecule has 1 aliphatic rings. The van der Waals surface area contributed by atoms with Gasteiger partial charge in [0.25, 0.3) is 0 Å². The lowest BCUT2D eigenvalue weighted by molar-refractivity contribution is 0.252. The van der Waals surface area contributed by atoms with Crippen molar-refractivity contribution in [3.8, 4) is 5.75 Å². The van der Waals surface area contributed by atoms with Crippen molar-refractivity contribution in [3.05, 3.63) is 36.7 Å². The molecule has 100 valence electrons. The fourth-order valence-corrected chi connectivity index (χ4v) is 2.67. The molecule has 1 aromatic carbocycles. The summed E-state index contributed by atoms with van der Waals surface area (Å²) in [6, 6.07) is 8.23. The Morgan fingerprint density at radius 1 is 1.16 bits per heavy atom. The summed E-state index contributed by atoms with van der Waals surface area (Å²) >= 11 is 0. The Balaban J connectivity index is 1.56. The maximum Gasteiger partial charge on any atom is 0.119 e. The molecule has 3 rings (SSSR count). The summed E-state index contributed by atoms with van der Waals surface area (Å²) < 4.78 is 5.88. The molecule has 3 heteroatoms. The monoisotopic (exact) mass is 256 g/mol. The molecular formula is C16H20N2O. The van der Waals surface area contributed by atoms with Crippen molar-refractivity contribution in [2.24, 2.45) is 5.92 Å². The number of rotatable bonds is 4. The molecule has 19 heavy (non-hydrogen) atoms. The Morgan fingerprint density at radius 2 is 2.05 bits per heavy atom. The van der Waals surface area contributed by atoms with Gasteiger partial charge in [0.2, 0.25) is 0 Å². The predicted octanol–water partition coefficient (Wildman–Crippen LogP) is 3.00. The number of hydrogen-bond donors (Lipinski definition) is 1. The number of nitrogens with one attached hydrogen (secondary N) is 1. The van der Waals surface area contributed by atoms with E-state index in [0.29, 0.717) is 0 Å². The van der Waals surface area contributed by atoms with Gasteiger partial charge in [-0.2, -0.15) is 0 Å². The summed E-state index contributed by atoms with van der Waals surface area (Å²) in [4.78, 5) is 4.12. The average Bonchev–Trinajstić information content (AvgIpc) is 2.48. The lowest BCUT2D eigenvalue weighted by Crippen LogP contribution is -2.28. The second-order valence-electron chi connectivity index (χ2n) is 5.22. The van der Waals surface area contributed by atoms with Crippen LogP contribution >= 0.6 is 0 Å². The minimum absolute atomic E-state index is 0.821. The van der Waals surface area contributed by atoms with E-state index < -0.39 is 0 Å². The van der Waals surface area contributed by atoms with Crippen molar-refractivity contribution >= 4 is 10.8 Å². The summed E-state index contributed by atoms with van der Waals surface area (Å²) in [5.74, 6) is 1.79. The summed E-state index contributed by atoms with van der Waals surface area (Å²) in [7, 11) is 0. The maximum atomic E-state index is 5.88. The van der Waals surface area contributed by atoms with Crippen molar-refractivity contribution in [2.75, 3.05) is 19.7 Å². The van der Waals surface area contributed by atoms with E-state index in [9.17, 15) is 0 Å². The molecule has 1 aliphatic heterocycles. The SMILES string of the molecule is c1cc2cc(OCCC3CCNCC3)ccc2cn1. The number of aromatic nitrogens is 1. The van der Waals surface area contributed by atoms with Crippen LogP contribution in [-0.4, -0.2) is 24.7 Å². The maximum absolute atomic E-state index is 5.88. The first-order chi connectivity index (χ1) is 9.42. The molecule has 0 spiro atoms. The predicted molar refractivity (Wildman–Crippen MR) is 77.4 cm³/mol. The first-order valence-electron chi connectivity index (χ1n) is 7.09. The first kappa shape index (κ1) is 12.4. The molecular weight excluding hydrogens is 236 g/mol. The Kier molecular flexibility index (Phi) is 3.94. The van der Waals surface area contributed by atoms with E-state index >= 15 is 0 Å². The highest BCUT2D eigenvalue weighted by atomic mass is 16.5. The molecule has 0 atom stereocenters. The molecule has 1 N–H and O–H groups in total. The van der Waals surface area contributed by atoms with Crippen LogP contribution in [0.5, 0.6) is 5.75 Å². The lowest BCUT2D eigenvalue weighted by atomic mass is 9.95. The average molecular weight is 256 g/mol. The zero-order valence-corrected chi connectivity index (χ0v) is 11.1. The molecule has 2 heterocycles. The van der Waals surface area contributed by atoms with Gasteiger partial charge in [-0.3, -0.25) is 4.98 Å². The molecule has 0 amide bonds. The topological polar surface area (TPSA) is 34.1 Å². The van der Waals surface area contributed by atoms with Crippen LogP contribution in [0.15, 0.2) is 36.7 Å². The minimum Gasteiger partial charge on any atom is -0.494 e. The van der Waals surface area contributed by atoms with Crippen molar-refractivity contribution in [1.29, 1.82) is 0 Å². The third-order valence-electron chi connectivity index (χ3n) is 3.87. The molecule has 2 aromatic rings. The second-order valence-corrected chi connectivity index (χ2v) is 5.22. The van der Waals surface area contributed by atoms with Gasteiger partial charge in [0.15, 0.2) is 0 Å². The molecule has 0 radical (unpaired) electrons. The number of piperidine rings is 1. The van der Waals surface area contributed by atoms with Gasteiger partial charge in [0.1, 0.15) is 5.75 Å². The number of hydrogen-bond acceptors (Lipinski definition) is 3.